The van der Waals surface area contributed by atoms with Gasteiger partial charge in [0.1, 0.15) is 30.3 Å². The molecule has 4 aromatic rings. The highest BCUT2D eigenvalue weighted by molar-refractivity contribution is 6.00. The molecule has 2 fully saturated rings. The molecule has 16 nitrogen and oxygen atoms in total. The van der Waals surface area contributed by atoms with Gasteiger partial charge in [0.2, 0.25) is 11.8 Å². The number of carbonyl (C=O) groups is 6. The molecule has 0 radical (unpaired) electrons. The van der Waals surface area contributed by atoms with Crippen LogP contribution in [0.25, 0.3) is 0 Å². The van der Waals surface area contributed by atoms with Crippen molar-refractivity contribution in [2.24, 2.45) is 17.8 Å². The van der Waals surface area contributed by atoms with Crippen molar-refractivity contribution < 1.29 is 52.5 Å². The van der Waals surface area contributed by atoms with Gasteiger partial charge < -0.3 is 49.9 Å². The first-order valence-corrected chi connectivity index (χ1v) is 22.6. The molecule has 16 heteroatoms. The molecular formula is C51H61N5O11. The molecule has 4 N–H and O–H groups in total. The molecule has 1 heterocycles. The predicted molar refractivity (Wildman–Crippen MR) is 251 cm³/mol. The monoisotopic (exact) mass is 919 g/mol. The molecule has 6 rings (SSSR count). The van der Waals surface area contributed by atoms with Gasteiger partial charge in [0.25, 0.3) is 5.91 Å². The number of esters is 1. The third-order valence-electron chi connectivity index (χ3n) is 11.3. The zero-order valence-electron chi connectivity index (χ0n) is 38.9. The van der Waals surface area contributed by atoms with Crippen molar-refractivity contribution in [3.05, 3.63) is 119 Å². The summed E-state index contributed by atoms with van der Waals surface area (Å²) in [5.41, 5.74) is 1.76. The van der Waals surface area contributed by atoms with Crippen LogP contribution in [0.5, 0.6) is 11.5 Å². The van der Waals surface area contributed by atoms with Crippen molar-refractivity contribution in [2.75, 3.05) is 37.4 Å². The van der Waals surface area contributed by atoms with Gasteiger partial charge in [-0.05, 0) is 81.3 Å². The van der Waals surface area contributed by atoms with Gasteiger partial charge in [0.05, 0.1) is 37.2 Å². The first kappa shape index (κ1) is 49.3. The van der Waals surface area contributed by atoms with Gasteiger partial charge in [0, 0.05) is 48.2 Å². The van der Waals surface area contributed by atoms with Crippen molar-refractivity contribution >= 4 is 47.3 Å². The Balaban J connectivity index is 1.12. The van der Waals surface area contributed by atoms with Crippen molar-refractivity contribution in [3.8, 4) is 11.5 Å². The van der Waals surface area contributed by atoms with E-state index in [0.29, 0.717) is 43.2 Å². The number of alkyl carbamates (subject to hydrolysis) is 1. The normalized spacial score (nSPS) is 17.8. The molecule has 2 aliphatic rings. The van der Waals surface area contributed by atoms with E-state index in [1.54, 1.807) is 45.0 Å². The molecule has 4 atom stereocenters. The van der Waals surface area contributed by atoms with E-state index < -0.39 is 59.5 Å². The summed E-state index contributed by atoms with van der Waals surface area (Å²) in [5.74, 6) is -2.40. The Morgan fingerprint density at radius 1 is 0.687 bits per heavy atom. The summed E-state index contributed by atoms with van der Waals surface area (Å²) in [6, 6.07) is 26.4. The highest BCUT2D eigenvalue weighted by atomic mass is 16.6. The maximum atomic E-state index is 14.0. The minimum absolute atomic E-state index is 0.00366. The quantitative estimate of drug-likeness (QED) is 0.0589. The molecule has 1 aliphatic carbocycles. The van der Waals surface area contributed by atoms with Crippen molar-refractivity contribution in [3.63, 3.8) is 0 Å². The summed E-state index contributed by atoms with van der Waals surface area (Å²) < 4.78 is 28.1. The molecule has 5 amide bonds. The molecule has 1 saturated heterocycles. The second kappa shape index (κ2) is 22.9. The van der Waals surface area contributed by atoms with Crippen LogP contribution < -0.4 is 30.7 Å². The van der Waals surface area contributed by atoms with Gasteiger partial charge in [0.15, 0.2) is 0 Å². The lowest BCUT2D eigenvalue weighted by Gasteiger charge is -2.24. The summed E-state index contributed by atoms with van der Waals surface area (Å²) in [6.45, 7) is 9.77. The lowest BCUT2D eigenvalue weighted by Crippen LogP contribution is -2.45. The van der Waals surface area contributed by atoms with E-state index in [1.807, 2.05) is 60.7 Å². The Bertz CT molecular complexity index is 2370. The number of methoxy groups -OCH3 is 1. The van der Waals surface area contributed by atoms with E-state index >= 15 is 0 Å². The smallest absolute Gasteiger partial charge is 0.410 e. The number of carbonyl (C=O) groups excluding carboxylic acids is 6. The van der Waals surface area contributed by atoms with Gasteiger partial charge in [-0.1, -0.05) is 80.9 Å². The fraction of sp³-hybridized carbons (Fsp3) is 0.412. The van der Waals surface area contributed by atoms with Crippen LogP contribution in [0.4, 0.5) is 21.0 Å². The maximum Gasteiger partial charge on any atom is 0.410 e. The molecule has 0 aromatic heterocycles. The third-order valence-corrected chi connectivity index (χ3v) is 11.3. The van der Waals surface area contributed by atoms with Crippen LogP contribution in [0.15, 0.2) is 97.1 Å². The predicted octanol–water partition coefficient (Wildman–Crippen LogP) is 8.11. The highest BCUT2D eigenvalue weighted by Gasteiger charge is 2.42. The van der Waals surface area contributed by atoms with Crippen LogP contribution in [0, 0.1) is 17.8 Å². The summed E-state index contributed by atoms with van der Waals surface area (Å²) >= 11 is 0. The van der Waals surface area contributed by atoms with E-state index in [9.17, 15) is 28.8 Å². The summed E-state index contributed by atoms with van der Waals surface area (Å²) in [4.78, 5) is 82.6. The topological polar surface area (TPSA) is 200 Å². The molecule has 0 bridgehead atoms. The first-order valence-electron chi connectivity index (χ1n) is 22.6. The van der Waals surface area contributed by atoms with Crippen LogP contribution in [-0.4, -0.2) is 85.3 Å². The lowest BCUT2D eigenvalue weighted by atomic mass is 10.0. The Labute approximate surface area is 391 Å². The van der Waals surface area contributed by atoms with Gasteiger partial charge in [-0.15, -0.1) is 0 Å². The molecule has 4 unspecified atom stereocenters. The third kappa shape index (κ3) is 14.7. The summed E-state index contributed by atoms with van der Waals surface area (Å²) in [6.07, 6.45) is 1.09. The number of likely N-dealkylation sites (tertiary alicyclic amines) is 1. The number of benzene rings is 4. The molecule has 4 aromatic carbocycles. The zero-order valence-corrected chi connectivity index (χ0v) is 38.9. The Morgan fingerprint density at radius 3 is 1.91 bits per heavy atom. The van der Waals surface area contributed by atoms with Gasteiger partial charge in [-0.3, -0.25) is 14.4 Å². The van der Waals surface area contributed by atoms with E-state index in [1.165, 1.54) is 24.1 Å². The largest absolute Gasteiger partial charge is 0.497 e. The van der Waals surface area contributed by atoms with E-state index in [2.05, 4.69) is 35.1 Å². The van der Waals surface area contributed by atoms with Gasteiger partial charge >= 0.3 is 18.2 Å². The molecule has 1 aliphatic heterocycles. The Kier molecular flexibility index (Phi) is 16.8. The molecule has 1 saturated carbocycles. The first-order chi connectivity index (χ1) is 32.0. The molecule has 67 heavy (non-hydrogen) atoms. The fourth-order valence-corrected chi connectivity index (χ4v) is 7.79. The number of amides is 5. The maximum absolute atomic E-state index is 14.0. The second-order valence-corrected chi connectivity index (χ2v) is 18.2. The van der Waals surface area contributed by atoms with E-state index in [0.717, 1.165) is 17.5 Å². The number of ether oxygens (including phenoxy) is 5. The van der Waals surface area contributed by atoms with Crippen molar-refractivity contribution in [2.45, 2.75) is 91.2 Å². The second-order valence-electron chi connectivity index (χ2n) is 18.2. The van der Waals surface area contributed by atoms with Crippen LogP contribution in [0.3, 0.4) is 0 Å². The average molecular weight is 920 g/mol. The zero-order chi connectivity index (χ0) is 48.1. The molecule has 0 spiro atoms. The molecular weight excluding hydrogens is 859 g/mol. The fourth-order valence-electron chi connectivity index (χ4n) is 7.79. The number of nitrogens with one attached hydrogen (secondary N) is 4. The number of hydrogen-bond acceptors (Lipinski definition) is 11. The van der Waals surface area contributed by atoms with E-state index in [-0.39, 0.29) is 54.8 Å². The van der Waals surface area contributed by atoms with Gasteiger partial charge in [-0.25, -0.2) is 14.4 Å². The van der Waals surface area contributed by atoms with Crippen LogP contribution >= 0.6 is 0 Å². The molecule has 356 valence electrons. The number of hydrogen-bond donors (Lipinski definition) is 4. The van der Waals surface area contributed by atoms with Crippen LogP contribution in [0.2, 0.25) is 0 Å². The number of rotatable bonds is 17. The van der Waals surface area contributed by atoms with Gasteiger partial charge in [-0.2, -0.15) is 0 Å². The average Bonchev–Trinajstić information content (AvgIpc) is 3.95. The minimum atomic E-state index is -0.929. The van der Waals surface area contributed by atoms with Crippen molar-refractivity contribution in [1.82, 2.24) is 15.5 Å². The van der Waals surface area contributed by atoms with Crippen LogP contribution in [0.1, 0.15) is 92.1 Å². The standard InChI is InChI=1S/C51H61N5O11/c1-32(2)20-21-64-40-25-36(48(60)65-30-33-14-9-7-10-15-33)23-38(27-40)52-46(58)41-18-13-19-43(41)54-45(57)35-22-37(26-39(24-35)63-6)53-47(59)42-28-56(50(62)67-51(3,4)5)29-44(42)55-49(61)66-31-34-16-11-8-12-17-34/h7-12,14-17,22-27,32,41-44H,13,18-21,28-31H2,1-6H3,(H,52,58)(H,53,59)(H,54,57)(H,55,61). The van der Waals surface area contributed by atoms with Crippen LogP contribution in [-0.2, 0) is 37.0 Å². The lowest BCUT2D eigenvalue weighted by molar-refractivity contribution is -0.120. The summed E-state index contributed by atoms with van der Waals surface area (Å²) in [7, 11) is 1.43. The SMILES string of the molecule is COc1cc(NC(=O)C2CN(C(=O)OC(C)(C)C)CC2NC(=O)OCc2ccccc2)cc(C(=O)NC2CCCC2C(=O)Nc2cc(OCCC(C)C)cc(C(=O)OCc3ccccc3)c2)c1. The Morgan fingerprint density at radius 2 is 1.28 bits per heavy atom. The van der Waals surface area contributed by atoms with E-state index in [4.69, 9.17) is 23.7 Å². The number of anilines is 2. The Hall–Kier alpha value is -7.10. The van der Waals surface area contributed by atoms with Crippen molar-refractivity contribution in [1.29, 1.82) is 0 Å². The number of nitrogens with zero attached hydrogens (tertiary/aromatic N) is 1. The minimum Gasteiger partial charge on any atom is -0.497 e. The highest BCUT2D eigenvalue weighted by Crippen LogP contribution is 2.31. The summed E-state index contributed by atoms with van der Waals surface area (Å²) in [5, 5.41) is 11.6.